The second-order valence-electron chi connectivity index (χ2n) is 8.96. The predicted molar refractivity (Wildman–Crippen MR) is 138 cm³/mol. The van der Waals surface area contributed by atoms with Gasteiger partial charge in [-0.05, 0) is 48.4 Å². The molecule has 0 aliphatic carbocycles. The number of benzene rings is 3. The van der Waals surface area contributed by atoms with Gasteiger partial charge >= 0.3 is 0 Å². The largest absolute Gasteiger partial charge is 0.382 e. The number of morpholine rings is 1. The fourth-order valence-electron chi connectivity index (χ4n) is 4.92. The van der Waals surface area contributed by atoms with Crippen molar-refractivity contribution in [2.24, 2.45) is 0 Å². The van der Waals surface area contributed by atoms with Gasteiger partial charge in [-0.2, -0.15) is 0 Å². The number of hydrogen-bond acceptors (Lipinski definition) is 4. The first-order valence-electron chi connectivity index (χ1n) is 11.5. The number of nitrogens with one attached hydrogen (secondary N) is 2. The molecule has 0 saturated carbocycles. The molecule has 3 aromatic rings. The third-order valence-corrected chi connectivity index (χ3v) is 7.11. The zero-order valence-electron chi connectivity index (χ0n) is 19.0. The quantitative estimate of drug-likeness (QED) is 0.473. The third-order valence-electron chi connectivity index (χ3n) is 6.64. The lowest BCUT2D eigenvalue weighted by Gasteiger charge is -2.35. The van der Waals surface area contributed by atoms with Gasteiger partial charge in [-0.3, -0.25) is 4.79 Å². The molecule has 1 saturated heterocycles. The summed E-state index contributed by atoms with van der Waals surface area (Å²) in [5.74, 6) is 0.0229. The summed E-state index contributed by atoms with van der Waals surface area (Å²) in [7, 11) is 0. The number of fused-ring (bicyclic) bond motifs is 1. The molecule has 1 amide bonds. The van der Waals surface area contributed by atoms with Crippen LogP contribution in [0, 0.1) is 6.92 Å². The Balaban J connectivity index is 1.58. The maximum Gasteiger partial charge on any atom is 0.256 e. The van der Waals surface area contributed by atoms with E-state index in [1.54, 1.807) is 0 Å². The molecule has 1 atom stereocenters. The van der Waals surface area contributed by atoms with Gasteiger partial charge in [0.05, 0.1) is 30.0 Å². The van der Waals surface area contributed by atoms with Crippen LogP contribution in [-0.4, -0.2) is 43.7 Å². The number of ether oxygens (including phenoxy) is 1. The first-order chi connectivity index (χ1) is 16.4. The van der Waals surface area contributed by atoms with E-state index in [0.29, 0.717) is 54.9 Å². The number of anilines is 2. The van der Waals surface area contributed by atoms with Crippen molar-refractivity contribution in [3.63, 3.8) is 0 Å². The molecule has 34 heavy (non-hydrogen) atoms. The zero-order chi connectivity index (χ0) is 23.7. The normalized spacial score (nSPS) is 19.4. The van der Waals surface area contributed by atoms with E-state index in [9.17, 15) is 4.79 Å². The predicted octanol–water partition coefficient (Wildman–Crippen LogP) is 5.75. The minimum Gasteiger partial charge on any atom is -0.382 e. The Morgan fingerprint density at radius 2 is 1.82 bits per heavy atom. The van der Waals surface area contributed by atoms with Gasteiger partial charge in [0.25, 0.3) is 5.91 Å². The van der Waals surface area contributed by atoms with Gasteiger partial charge in [0, 0.05) is 47.4 Å². The van der Waals surface area contributed by atoms with Crippen molar-refractivity contribution in [1.29, 1.82) is 0 Å². The van der Waals surface area contributed by atoms with Crippen LogP contribution in [0.4, 0.5) is 11.4 Å². The van der Waals surface area contributed by atoms with Crippen molar-refractivity contribution in [1.82, 2.24) is 4.90 Å². The minimum absolute atomic E-state index is 0.0229. The third kappa shape index (κ3) is 4.48. The lowest BCUT2D eigenvalue weighted by molar-refractivity contribution is 0.0303. The van der Waals surface area contributed by atoms with Gasteiger partial charge in [-0.25, -0.2) is 0 Å². The molecule has 0 radical (unpaired) electrons. The number of amides is 1. The number of rotatable bonds is 5. The highest BCUT2D eigenvalue weighted by atomic mass is 35.5. The van der Waals surface area contributed by atoms with Crippen LogP contribution in [0.1, 0.15) is 27.0 Å². The Kier molecular flexibility index (Phi) is 6.43. The molecular weight excluding hydrogens is 469 g/mol. The molecule has 3 aromatic carbocycles. The molecule has 1 fully saturated rings. The zero-order valence-corrected chi connectivity index (χ0v) is 20.5. The molecule has 2 aliphatic heterocycles. The summed E-state index contributed by atoms with van der Waals surface area (Å²) >= 11 is 12.6. The van der Waals surface area contributed by atoms with Crippen LogP contribution in [0.5, 0.6) is 0 Å². The standard InChI is InChI=1S/C27H27Cl2N3O2/c1-18-4-2-7-22(26(33)32-10-12-34-13-11-32)25(18)31-27(16-19-5-3-6-20(28)14-19)17-30-24-15-21(29)8-9-23(24)27/h2-9,14-15,30-31H,10-13,16-17H2,1H3. The van der Waals surface area contributed by atoms with E-state index in [-0.39, 0.29) is 5.91 Å². The number of carbonyl (C=O) groups is 1. The number of para-hydroxylation sites is 1. The lowest BCUT2D eigenvalue weighted by Crippen LogP contribution is -2.43. The maximum atomic E-state index is 13.5. The van der Waals surface area contributed by atoms with Gasteiger partial charge < -0.3 is 20.3 Å². The molecule has 2 aliphatic rings. The topological polar surface area (TPSA) is 53.6 Å². The minimum atomic E-state index is -0.489. The summed E-state index contributed by atoms with van der Waals surface area (Å²) in [5.41, 5.74) is 5.28. The summed E-state index contributed by atoms with van der Waals surface area (Å²) in [4.78, 5) is 15.4. The Bertz CT molecular complexity index is 1230. The lowest BCUT2D eigenvalue weighted by atomic mass is 9.84. The van der Waals surface area contributed by atoms with E-state index in [1.807, 2.05) is 60.4 Å². The summed E-state index contributed by atoms with van der Waals surface area (Å²) in [6.07, 6.45) is 0.689. The summed E-state index contributed by atoms with van der Waals surface area (Å²) in [6, 6.07) is 19.8. The first kappa shape index (κ1) is 23.0. The second kappa shape index (κ2) is 9.49. The fourth-order valence-corrected chi connectivity index (χ4v) is 5.30. The summed E-state index contributed by atoms with van der Waals surface area (Å²) in [5, 5.41) is 8.74. The SMILES string of the molecule is Cc1cccc(C(=O)N2CCOCC2)c1NC1(Cc2cccc(Cl)c2)CNc2cc(Cl)ccc21. The van der Waals surface area contributed by atoms with Gasteiger partial charge in [0.2, 0.25) is 0 Å². The van der Waals surface area contributed by atoms with Crippen LogP contribution in [0.3, 0.4) is 0 Å². The Morgan fingerprint density at radius 3 is 2.62 bits per heavy atom. The molecule has 1 unspecified atom stereocenters. The van der Waals surface area contributed by atoms with Crippen molar-refractivity contribution in [3.8, 4) is 0 Å². The van der Waals surface area contributed by atoms with E-state index >= 15 is 0 Å². The van der Waals surface area contributed by atoms with E-state index < -0.39 is 5.54 Å². The van der Waals surface area contributed by atoms with Crippen LogP contribution in [-0.2, 0) is 16.7 Å². The molecule has 0 spiro atoms. The molecule has 5 nitrogen and oxygen atoms in total. The highest BCUT2D eigenvalue weighted by Crippen LogP contribution is 2.42. The van der Waals surface area contributed by atoms with Crippen molar-refractivity contribution in [3.05, 3.63) is 93.0 Å². The summed E-state index contributed by atoms with van der Waals surface area (Å²) in [6.45, 7) is 5.02. The highest BCUT2D eigenvalue weighted by molar-refractivity contribution is 6.31. The molecule has 0 bridgehead atoms. The number of hydrogen-bond donors (Lipinski definition) is 2. The first-order valence-corrected chi connectivity index (χ1v) is 12.2. The average Bonchev–Trinajstić information content (AvgIpc) is 3.17. The van der Waals surface area contributed by atoms with E-state index in [0.717, 1.165) is 28.1 Å². The van der Waals surface area contributed by atoms with Crippen molar-refractivity contribution in [2.45, 2.75) is 18.9 Å². The van der Waals surface area contributed by atoms with Crippen LogP contribution < -0.4 is 10.6 Å². The summed E-state index contributed by atoms with van der Waals surface area (Å²) < 4.78 is 5.45. The Labute approximate surface area is 210 Å². The van der Waals surface area contributed by atoms with Gasteiger partial charge in [-0.15, -0.1) is 0 Å². The molecule has 7 heteroatoms. The van der Waals surface area contributed by atoms with E-state index in [1.165, 1.54) is 0 Å². The van der Waals surface area contributed by atoms with Gasteiger partial charge in [-0.1, -0.05) is 53.5 Å². The highest BCUT2D eigenvalue weighted by Gasteiger charge is 2.40. The molecule has 2 heterocycles. The Morgan fingerprint density at radius 1 is 1.06 bits per heavy atom. The van der Waals surface area contributed by atoms with Crippen LogP contribution >= 0.6 is 23.2 Å². The average molecular weight is 496 g/mol. The van der Waals surface area contributed by atoms with Crippen molar-refractivity contribution >= 4 is 40.5 Å². The second-order valence-corrected chi connectivity index (χ2v) is 9.83. The van der Waals surface area contributed by atoms with Crippen LogP contribution in [0.25, 0.3) is 0 Å². The molecule has 0 aromatic heterocycles. The molecular formula is C27H27Cl2N3O2. The molecule has 2 N–H and O–H groups in total. The van der Waals surface area contributed by atoms with E-state index in [2.05, 4.69) is 22.8 Å². The number of carbonyl (C=O) groups excluding carboxylic acids is 1. The van der Waals surface area contributed by atoms with Gasteiger partial charge in [0.15, 0.2) is 0 Å². The number of aryl methyl sites for hydroxylation is 1. The maximum absolute atomic E-state index is 13.5. The number of halogens is 2. The smallest absolute Gasteiger partial charge is 0.256 e. The van der Waals surface area contributed by atoms with E-state index in [4.69, 9.17) is 27.9 Å². The monoisotopic (exact) mass is 495 g/mol. The van der Waals surface area contributed by atoms with Crippen LogP contribution in [0.15, 0.2) is 60.7 Å². The molecule has 176 valence electrons. The van der Waals surface area contributed by atoms with Crippen molar-refractivity contribution in [2.75, 3.05) is 43.5 Å². The van der Waals surface area contributed by atoms with Gasteiger partial charge in [0.1, 0.15) is 0 Å². The Hall–Kier alpha value is -2.73. The number of nitrogens with zero attached hydrogens (tertiary/aromatic N) is 1. The fraction of sp³-hybridized carbons (Fsp3) is 0.296. The molecule has 5 rings (SSSR count). The van der Waals surface area contributed by atoms with Crippen molar-refractivity contribution < 1.29 is 9.53 Å². The van der Waals surface area contributed by atoms with Crippen LogP contribution in [0.2, 0.25) is 10.0 Å².